The number of hydrogen-bond donors (Lipinski definition) is 1. The van der Waals surface area contributed by atoms with E-state index in [4.69, 9.17) is 19.0 Å². The van der Waals surface area contributed by atoms with Crippen molar-refractivity contribution in [3.63, 3.8) is 0 Å². The first kappa shape index (κ1) is 18.8. The fourth-order valence-corrected chi connectivity index (χ4v) is 3.01. The topological polar surface area (TPSA) is 75.5 Å². The van der Waals surface area contributed by atoms with Gasteiger partial charge < -0.3 is 18.8 Å². The summed E-state index contributed by atoms with van der Waals surface area (Å²) in [6.07, 6.45) is 1.77. The second kappa shape index (κ2) is 8.11. The normalized spacial score (nSPS) is 10.8. The Morgan fingerprint density at radius 2 is 1.70 bits per heavy atom. The molecule has 0 fully saturated rings. The van der Waals surface area contributed by atoms with Gasteiger partial charge in [-0.1, -0.05) is 0 Å². The lowest BCUT2D eigenvalue weighted by atomic mass is 10.1. The smallest absolute Gasteiger partial charge is 0.258 e. The van der Waals surface area contributed by atoms with Crippen LogP contribution in [0.4, 0.5) is 5.69 Å². The molecule has 0 saturated carbocycles. The van der Waals surface area contributed by atoms with Crippen LogP contribution >= 0.6 is 0 Å². The van der Waals surface area contributed by atoms with Crippen molar-refractivity contribution >= 4 is 16.5 Å². The van der Waals surface area contributed by atoms with E-state index in [1.165, 1.54) is 0 Å². The quantitative estimate of drug-likeness (QED) is 0.507. The molecule has 2 N–H and O–H groups in total. The minimum Gasteiger partial charge on any atom is -0.497 e. The summed E-state index contributed by atoms with van der Waals surface area (Å²) in [7, 11) is 6.35. The van der Waals surface area contributed by atoms with Crippen LogP contribution in [0.5, 0.6) is 17.2 Å². The maximum absolute atomic E-state index is 13.0. The number of rotatable bonds is 7. The first-order valence-electron chi connectivity index (χ1n) is 8.39. The third kappa shape index (κ3) is 3.74. The van der Waals surface area contributed by atoms with Gasteiger partial charge in [-0.25, -0.2) is 4.84 Å². The molecular weight excluding hydrogens is 348 g/mol. The molecule has 0 aliphatic carbocycles. The Balaban J connectivity index is 2.06. The Morgan fingerprint density at radius 1 is 0.926 bits per heavy atom. The van der Waals surface area contributed by atoms with E-state index < -0.39 is 0 Å². The third-order valence-electron chi connectivity index (χ3n) is 4.41. The van der Waals surface area contributed by atoms with Crippen molar-refractivity contribution in [3.8, 4) is 17.2 Å². The minimum absolute atomic E-state index is 0.0984. The second-order valence-corrected chi connectivity index (χ2v) is 5.96. The van der Waals surface area contributed by atoms with E-state index in [9.17, 15) is 4.79 Å². The Labute approximate surface area is 157 Å². The molecular formula is C20H23N2O5+. The monoisotopic (exact) mass is 371 g/mol. The van der Waals surface area contributed by atoms with Gasteiger partial charge in [-0.3, -0.25) is 4.79 Å². The summed E-state index contributed by atoms with van der Waals surface area (Å²) >= 11 is 0. The van der Waals surface area contributed by atoms with E-state index >= 15 is 0 Å². The SMILES string of the molecule is CO[NH2+]c1cc2c(=O)n(Cc3ccc(OC)cc3OC)ccc2cc1OC. The lowest BCUT2D eigenvalue weighted by Gasteiger charge is -2.13. The lowest BCUT2D eigenvalue weighted by Crippen LogP contribution is -2.76. The molecule has 142 valence electrons. The van der Waals surface area contributed by atoms with Crippen molar-refractivity contribution in [2.24, 2.45) is 0 Å². The highest BCUT2D eigenvalue weighted by Crippen LogP contribution is 2.27. The third-order valence-corrected chi connectivity index (χ3v) is 4.41. The molecule has 27 heavy (non-hydrogen) atoms. The van der Waals surface area contributed by atoms with E-state index in [1.54, 1.807) is 56.8 Å². The maximum atomic E-state index is 13.0. The molecule has 7 nitrogen and oxygen atoms in total. The average Bonchev–Trinajstić information content (AvgIpc) is 2.70. The Kier molecular flexibility index (Phi) is 5.63. The van der Waals surface area contributed by atoms with E-state index in [2.05, 4.69) is 0 Å². The summed E-state index contributed by atoms with van der Waals surface area (Å²) in [4.78, 5) is 18.1. The highest BCUT2D eigenvalue weighted by atomic mass is 16.6. The Morgan fingerprint density at radius 3 is 2.37 bits per heavy atom. The van der Waals surface area contributed by atoms with Crippen LogP contribution in [-0.2, 0) is 11.4 Å². The average molecular weight is 371 g/mol. The van der Waals surface area contributed by atoms with Gasteiger partial charge in [0.2, 0.25) is 5.69 Å². The van der Waals surface area contributed by atoms with Gasteiger partial charge in [0.05, 0.1) is 40.4 Å². The van der Waals surface area contributed by atoms with Gasteiger partial charge in [0.25, 0.3) is 5.56 Å². The summed E-state index contributed by atoms with van der Waals surface area (Å²) in [5, 5.41) is 1.40. The van der Waals surface area contributed by atoms with E-state index in [0.29, 0.717) is 34.9 Å². The lowest BCUT2D eigenvalue weighted by molar-refractivity contribution is -0.830. The van der Waals surface area contributed by atoms with Crippen LogP contribution < -0.4 is 25.2 Å². The highest BCUT2D eigenvalue weighted by molar-refractivity contribution is 5.86. The van der Waals surface area contributed by atoms with E-state index in [1.807, 2.05) is 24.3 Å². The molecule has 0 unspecified atom stereocenters. The molecule has 3 aromatic rings. The van der Waals surface area contributed by atoms with Gasteiger partial charge in [-0.05, 0) is 29.7 Å². The largest absolute Gasteiger partial charge is 0.497 e. The minimum atomic E-state index is -0.0984. The fraction of sp³-hybridized carbons (Fsp3) is 0.250. The van der Waals surface area contributed by atoms with Gasteiger partial charge in [-0.15, -0.1) is 0 Å². The van der Waals surface area contributed by atoms with Crippen LogP contribution in [-0.4, -0.2) is 33.0 Å². The van der Waals surface area contributed by atoms with Crippen LogP contribution in [0.15, 0.2) is 47.4 Å². The number of hydrogen-bond acceptors (Lipinski definition) is 5. The van der Waals surface area contributed by atoms with Crippen molar-refractivity contribution in [3.05, 3.63) is 58.5 Å². The Bertz CT molecular complexity index is 1010. The van der Waals surface area contributed by atoms with Gasteiger partial charge >= 0.3 is 0 Å². The van der Waals surface area contributed by atoms with Crippen LogP contribution in [0.2, 0.25) is 0 Å². The molecule has 0 aliphatic heterocycles. The molecule has 0 atom stereocenters. The van der Waals surface area contributed by atoms with Gasteiger partial charge in [0, 0.05) is 23.9 Å². The van der Waals surface area contributed by atoms with Crippen molar-refractivity contribution in [1.82, 2.24) is 4.57 Å². The predicted octanol–water partition coefficient (Wildman–Crippen LogP) is 1.83. The molecule has 3 rings (SSSR count). The molecule has 0 spiro atoms. The van der Waals surface area contributed by atoms with Gasteiger partial charge in [0.1, 0.15) is 11.5 Å². The predicted molar refractivity (Wildman–Crippen MR) is 102 cm³/mol. The highest BCUT2D eigenvalue weighted by Gasteiger charge is 2.14. The summed E-state index contributed by atoms with van der Waals surface area (Å²) in [6, 6.07) is 11.1. The summed E-state index contributed by atoms with van der Waals surface area (Å²) in [6.45, 7) is 0.386. The first-order chi connectivity index (χ1) is 13.1. The number of nitrogens with zero attached hydrogens (tertiary/aromatic N) is 1. The molecule has 7 heteroatoms. The summed E-state index contributed by atoms with van der Waals surface area (Å²) in [5.74, 6) is 2.02. The zero-order chi connectivity index (χ0) is 19.4. The zero-order valence-corrected chi connectivity index (χ0v) is 15.8. The van der Waals surface area contributed by atoms with Crippen molar-refractivity contribution in [2.45, 2.75) is 6.54 Å². The number of nitrogens with two attached hydrogens (primary N) is 1. The van der Waals surface area contributed by atoms with Crippen LogP contribution in [0.25, 0.3) is 10.8 Å². The molecule has 0 bridgehead atoms. The standard InChI is InChI=1S/C20H22N2O5/c1-24-15-6-5-14(18(10-15)25-2)12-22-8-7-13-9-19(26-3)17(21-27-4)11-16(13)20(22)23/h5-11,21H,12H2,1-4H3/p+1. The van der Waals surface area contributed by atoms with Crippen LogP contribution in [0, 0.1) is 0 Å². The van der Waals surface area contributed by atoms with E-state index in [-0.39, 0.29) is 5.56 Å². The number of benzene rings is 2. The van der Waals surface area contributed by atoms with Gasteiger partial charge in [0.15, 0.2) is 5.75 Å². The zero-order valence-electron chi connectivity index (χ0n) is 15.8. The van der Waals surface area contributed by atoms with Crippen molar-refractivity contribution in [1.29, 1.82) is 0 Å². The fourth-order valence-electron chi connectivity index (χ4n) is 3.01. The van der Waals surface area contributed by atoms with Crippen molar-refractivity contribution in [2.75, 3.05) is 28.4 Å². The molecule has 0 saturated heterocycles. The van der Waals surface area contributed by atoms with Crippen LogP contribution in [0.1, 0.15) is 5.56 Å². The number of pyridine rings is 1. The number of fused-ring (bicyclic) bond motifs is 1. The van der Waals surface area contributed by atoms with Crippen molar-refractivity contribution < 1.29 is 24.5 Å². The molecule has 0 aliphatic rings. The number of ether oxygens (including phenoxy) is 3. The Hall–Kier alpha value is -3.03. The molecule has 1 aromatic heterocycles. The molecule has 0 amide bonds. The summed E-state index contributed by atoms with van der Waals surface area (Å²) in [5.41, 5.74) is 3.06. The number of quaternary nitrogens is 1. The van der Waals surface area contributed by atoms with Gasteiger partial charge in [-0.2, -0.15) is 5.48 Å². The molecule has 0 radical (unpaired) electrons. The summed E-state index contributed by atoms with van der Waals surface area (Å²) < 4.78 is 17.7. The van der Waals surface area contributed by atoms with E-state index in [0.717, 1.165) is 10.9 Å². The first-order valence-corrected chi connectivity index (χ1v) is 8.39. The maximum Gasteiger partial charge on any atom is 0.258 e. The second-order valence-electron chi connectivity index (χ2n) is 5.96. The molecule has 2 aromatic carbocycles. The number of methoxy groups -OCH3 is 3. The molecule has 1 heterocycles. The van der Waals surface area contributed by atoms with Crippen LogP contribution in [0.3, 0.4) is 0 Å². The number of aromatic nitrogens is 1.